The van der Waals surface area contributed by atoms with E-state index in [0.717, 1.165) is 33.8 Å². The van der Waals surface area contributed by atoms with Crippen molar-refractivity contribution in [2.75, 3.05) is 20.3 Å². The van der Waals surface area contributed by atoms with Crippen LogP contribution in [0.1, 0.15) is 23.4 Å². The van der Waals surface area contributed by atoms with Crippen molar-refractivity contribution in [2.24, 2.45) is 5.90 Å². The monoisotopic (exact) mass is 412 g/mol. The van der Waals surface area contributed by atoms with Crippen molar-refractivity contribution in [1.82, 2.24) is 5.32 Å². The molecule has 0 saturated heterocycles. The van der Waals surface area contributed by atoms with E-state index in [9.17, 15) is 0 Å². The summed E-state index contributed by atoms with van der Waals surface area (Å²) in [7, 11) is 1.58. The summed E-state index contributed by atoms with van der Waals surface area (Å²) in [6.07, 6.45) is 0. The van der Waals surface area contributed by atoms with Crippen molar-refractivity contribution in [3.8, 4) is 11.5 Å². The lowest BCUT2D eigenvalue weighted by molar-refractivity contribution is -0.195. The van der Waals surface area contributed by atoms with Crippen molar-refractivity contribution < 1.29 is 18.8 Å². The molecule has 148 valence electrons. The summed E-state index contributed by atoms with van der Waals surface area (Å²) in [5.41, 5.74) is 2.05. The molecule has 2 unspecified atom stereocenters. The second kappa shape index (κ2) is 11.4. The van der Waals surface area contributed by atoms with Gasteiger partial charge in [0.1, 0.15) is 18.1 Å². The van der Waals surface area contributed by atoms with E-state index >= 15 is 0 Å². The quantitative estimate of drug-likeness (QED) is 0.188. The minimum Gasteiger partial charge on any atom is -0.495 e. The Morgan fingerprint density at radius 3 is 2.67 bits per heavy atom. The van der Waals surface area contributed by atoms with Crippen molar-refractivity contribution in [2.45, 2.75) is 30.2 Å². The Hall–Kier alpha value is -1.48. The first-order valence-corrected chi connectivity index (χ1v) is 9.68. The smallest absolute Gasteiger partial charge is 0.134 e. The molecule has 2 aromatic carbocycles. The number of methoxy groups -OCH3 is 1. The number of benzene rings is 2. The maximum Gasteiger partial charge on any atom is 0.134 e. The van der Waals surface area contributed by atoms with Gasteiger partial charge in [0.15, 0.2) is 0 Å². The summed E-state index contributed by atoms with van der Waals surface area (Å²) in [6.45, 7) is 5.30. The van der Waals surface area contributed by atoms with Gasteiger partial charge in [-0.25, -0.2) is 0 Å². The van der Waals surface area contributed by atoms with E-state index in [1.807, 2.05) is 56.3 Å². The topological polar surface area (TPSA) is 75.0 Å². The van der Waals surface area contributed by atoms with Gasteiger partial charge in [-0.3, -0.25) is 0 Å². The molecule has 0 fully saturated rings. The molecule has 0 bridgehead atoms. The zero-order valence-corrected chi connectivity index (χ0v) is 17.2. The average Bonchev–Trinajstić information content (AvgIpc) is 2.69. The number of aryl methyl sites for hydroxylation is 1. The van der Waals surface area contributed by atoms with Crippen LogP contribution in [0.15, 0.2) is 47.4 Å². The first-order chi connectivity index (χ1) is 13.1. The molecule has 6 nitrogen and oxygen atoms in total. The maximum atomic E-state index is 6.63. The first-order valence-electron chi connectivity index (χ1n) is 8.50. The number of hydrogen-bond acceptors (Lipinski definition) is 7. The van der Waals surface area contributed by atoms with Crippen molar-refractivity contribution in [3.05, 3.63) is 53.6 Å². The molecule has 0 radical (unpaired) electrons. The summed E-state index contributed by atoms with van der Waals surface area (Å²) in [4.78, 5) is 4.87. The zero-order chi connectivity index (χ0) is 19.6. The molecule has 0 amide bonds. The van der Waals surface area contributed by atoms with Crippen LogP contribution in [0.2, 0.25) is 0 Å². The Morgan fingerprint density at radius 2 is 1.96 bits per heavy atom. The normalized spacial score (nSPS) is 13.2. The Bertz CT molecular complexity index is 720. The van der Waals surface area contributed by atoms with Crippen LogP contribution in [0.5, 0.6) is 11.5 Å². The molecular formula is C19H25ClN2O4S. The van der Waals surface area contributed by atoms with Crippen molar-refractivity contribution in [1.29, 1.82) is 0 Å². The van der Waals surface area contributed by atoms with Crippen LogP contribution < -0.4 is 20.7 Å². The largest absolute Gasteiger partial charge is 0.495 e. The highest BCUT2D eigenvalue weighted by molar-refractivity contribution is 7.94. The predicted octanol–water partition coefficient (Wildman–Crippen LogP) is 4.17. The van der Waals surface area contributed by atoms with E-state index in [1.165, 1.54) is 0 Å². The minimum absolute atomic E-state index is 0.0325. The van der Waals surface area contributed by atoms with Gasteiger partial charge in [-0.15, -0.1) is 20.9 Å². The molecule has 0 spiro atoms. The van der Waals surface area contributed by atoms with E-state index in [-0.39, 0.29) is 11.4 Å². The van der Waals surface area contributed by atoms with Crippen LogP contribution >= 0.6 is 23.6 Å². The lowest BCUT2D eigenvalue weighted by Gasteiger charge is -2.21. The molecule has 0 aliphatic rings. The predicted molar refractivity (Wildman–Crippen MR) is 108 cm³/mol. The summed E-state index contributed by atoms with van der Waals surface area (Å²) < 4.78 is 15.8. The molecule has 2 rings (SSSR count). The lowest BCUT2D eigenvalue weighted by Crippen LogP contribution is -2.33. The molecule has 0 aromatic heterocycles. The molecule has 8 heteroatoms. The molecule has 0 aliphatic carbocycles. The van der Waals surface area contributed by atoms with Crippen LogP contribution in [0.3, 0.4) is 0 Å². The number of para-hydroxylation sites is 1. The summed E-state index contributed by atoms with van der Waals surface area (Å²) in [5, 5.41) is 3.15. The third-order valence-corrected chi connectivity index (χ3v) is 5.30. The van der Waals surface area contributed by atoms with E-state index in [2.05, 4.69) is 10.3 Å². The Kier molecular flexibility index (Phi) is 9.20. The zero-order valence-electron chi connectivity index (χ0n) is 15.6. The van der Waals surface area contributed by atoms with E-state index < -0.39 is 0 Å². The maximum absolute atomic E-state index is 6.63. The highest BCUT2D eigenvalue weighted by Crippen LogP contribution is 2.35. The summed E-state index contributed by atoms with van der Waals surface area (Å²) in [6, 6.07) is 13.6. The molecule has 0 aliphatic heterocycles. The molecule has 2 atom stereocenters. The highest BCUT2D eigenvalue weighted by atomic mass is 35.5. The number of halogens is 1. The van der Waals surface area contributed by atoms with Gasteiger partial charge in [-0.2, -0.15) is 5.90 Å². The SMILES string of the molecule is COc1ccc(C(Cl)C(C)NCCOc2ccccc2C)cc1SOON. The minimum atomic E-state index is -0.243. The van der Waals surface area contributed by atoms with Gasteiger partial charge in [0.25, 0.3) is 0 Å². The Labute approximate surface area is 169 Å². The second-order valence-corrected chi connectivity index (χ2v) is 7.13. The molecule has 0 heterocycles. The number of nitrogens with two attached hydrogens (primary N) is 1. The molecular weight excluding hydrogens is 388 g/mol. The van der Waals surface area contributed by atoms with Gasteiger partial charge in [0.2, 0.25) is 0 Å². The van der Waals surface area contributed by atoms with Crippen LogP contribution in [-0.4, -0.2) is 26.3 Å². The molecule has 0 saturated carbocycles. The highest BCUT2D eigenvalue weighted by Gasteiger charge is 2.18. The first kappa shape index (κ1) is 21.8. The third kappa shape index (κ3) is 6.57. The average molecular weight is 413 g/mol. The standard InChI is InChI=1S/C19H25ClN2O4S/c1-13-6-4-5-7-16(13)24-11-10-22-14(2)19(20)15-8-9-17(23-3)18(12-15)27-26-25-21/h4-9,12,14,19,22H,10-11,21H2,1-3H3. The number of alkyl halides is 1. The number of rotatable bonds is 11. The fraction of sp³-hybridized carbons (Fsp3) is 0.368. The van der Waals surface area contributed by atoms with Gasteiger partial charge in [0.05, 0.1) is 29.4 Å². The van der Waals surface area contributed by atoms with Gasteiger partial charge >= 0.3 is 0 Å². The van der Waals surface area contributed by atoms with Crippen LogP contribution in [0.4, 0.5) is 0 Å². The van der Waals surface area contributed by atoms with E-state index in [0.29, 0.717) is 18.9 Å². The third-order valence-electron chi connectivity index (χ3n) is 4.03. The lowest BCUT2D eigenvalue weighted by atomic mass is 10.1. The number of hydrogen-bond donors (Lipinski definition) is 2. The Balaban J connectivity index is 1.88. The van der Waals surface area contributed by atoms with Crippen LogP contribution in [0, 0.1) is 6.92 Å². The number of nitrogens with one attached hydrogen (secondary N) is 1. The van der Waals surface area contributed by atoms with E-state index in [4.69, 9.17) is 31.3 Å². The van der Waals surface area contributed by atoms with Gasteiger partial charge in [-0.1, -0.05) is 24.3 Å². The molecule has 2 aromatic rings. The summed E-state index contributed by atoms with van der Waals surface area (Å²) >= 11 is 7.59. The second-order valence-electron chi connectivity index (χ2n) is 5.92. The molecule has 3 N–H and O–H groups in total. The van der Waals surface area contributed by atoms with Crippen LogP contribution in [0.25, 0.3) is 0 Å². The van der Waals surface area contributed by atoms with Gasteiger partial charge < -0.3 is 14.8 Å². The summed E-state index contributed by atoms with van der Waals surface area (Å²) in [5.74, 6) is 6.45. The fourth-order valence-electron chi connectivity index (χ4n) is 2.54. The van der Waals surface area contributed by atoms with Crippen LogP contribution in [-0.2, 0) is 9.32 Å². The molecule has 27 heavy (non-hydrogen) atoms. The number of ether oxygens (including phenoxy) is 2. The van der Waals surface area contributed by atoms with E-state index in [1.54, 1.807) is 7.11 Å². The fourth-order valence-corrected chi connectivity index (χ4v) is 3.30. The van der Waals surface area contributed by atoms with Gasteiger partial charge in [0, 0.05) is 12.6 Å². The van der Waals surface area contributed by atoms with Gasteiger partial charge in [-0.05, 0) is 43.2 Å². The van der Waals surface area contributed by atoms with Crippen molar-refractivity contribution in [3.63, 3.8) is 0 Å². The van der Waals surface area contributed by atoms with Crippen molar-refractivity contribution >= 4 is 23.6 Å². The Morgan fingerprint density at radius 1 is 1.19 bits per heavy atom.